The number of pyridine rings is 1. The number of anilines is 1. The second kappa shape index (κ2) is 7.13. The van der Waals surface area contributed by atoms with E-state index >= 15 is 0 Å². The van der Waals surface area contributed by atoms with Crippen LogP contribution >= 0.6 is 0 Å². The average molecular weight is 327 g/mol. The number of likely N-dealkylation sites (tertiary alicyclic amines) is 1. The van der Waals surface area contributed by atoms with Crippen LogP contribution in [-0.2, 0) is 7.05 Å². The highest BCUT2D eigenvalue weighted by Gasteiger charge is 2.25. The highest BCUT2D eigenvalue weighted by molar-refractivity contribution is 5.59. The van der Waals surface area contributed by atoms with Crippen LogP contribution in [0.1, 0.15) is 19.8 Å². The zero-order chi connectivity index (χ0) is 17.1. The molecular weight excluding hydrogens is 302 g/mol. The van der Waals surface area contributed by atoms with Crippen molar-refractivity contribution in [3.8, 4) is 11.3 Å². The molecule has 3 heterocycles. The Kier molecular flexibility index (Phi) is 4.94. The molecule has 0 saturated carbocycles. The molecule has 1 saturated heterocycles. The summed E-state index contributed by atoms with van der Waals surface area (Å²) < 4.78 is 1.66. The first-order valence-electron chi connectivity index (χ1n) is 8.53. The Bertz CT molecular complexity index is 735. The van der Waals surface area contributed by atoms with Gasteiger partial charge in [0.1, 0.15) is 0 Å². The molecule has 0 amide bonds. The molecule has 3 rings (SSSR count). The maximum absolute atomic E-state index is 12.5. The quantitative estimate of drug-likeness (QED) is 0.856. The van der Waals surface area contributed by atoms with Gasteiger partial charge in [-0.15, -0.1) is 0 Å². The van der Waals surface area contributed by atoms with E-state index in [1.54, 1.807) is 30.1 Å². The summed E-state index contributed by atoms with van der Waals surface area (Å²) in [7, 11) is 3.96. The van der Waals surface area contributed by atoms with Gasteiger partial charge < -0.3 is 9.80 Å². The molecule has 0 bridgehead atoms. The Balaban J connectivity index is 1.99. The molecule has 6 heteroatoms. The average Bonchev–Trinajstić information content (AvgIpc) is 2.61. The predicted octanol–water partition coefficient (Wildman–Crippen LogP) is 1.76. The molecule has 0 radical (unpaired) electrons. The number of nitrogens with zero attached hydrogens (tertiary/aromatic N) is 5. The highest BCUT2D eigenvalue weighted by atomic mass is 16.1. The van der Waals surface area contributed by atoms with Gasteiger partial charge in [0.05, 0.1) is 5.69 Å². The Morgan fingerprint density at radius 3 is 2.50 bits per heavy atom. The van der Waals surface area contributed by atoms with Gasteiger partial charge in [-0.3, -0.25) is 14.3 Å². The first-order valence-corrected chi connectivity index (χ1v) is 8.53. The third-order valence-corrected chi connectivity index (χ3v) is 4.81. The number of rotatable bonds is 4. The molecule has 0 atom stereocenters. The van der Waals surface area contributed by atoms with Crippen molar-refractivity contribution in [2.75, 3.05) is 31.6 Å². The number of aromatic nitrogens is 3. The van der Waals surface area contributed by atoms with Crippen molar-refractivity contribution in [1.29, 1.82) is 0 Å². The van der Waals surface area contributed by atoms with Crippen LogP contribution in [0.25, 0.3) is 11.3 Å². The zero-order valence-corrected chi connectivity index (χ0v) is 14.6. The third-order valence-electron chi connectivity index (χ3n) is 4.81. The lowest BCUT2D eigenvalue weighted by atomic mass is 10.0. The van der Waals surface area contributed by atoms with Gasteiger partial charge in [-0.2, -0.15) is 0 Å². The fourth-order valence-corrected chi connectivity index (χ4v) is 3.32. The standard InChI is InChI=1S/C18H25N5O/c1-4-23(15-7-11-21(2)12-8-15)18-20-16(13-17(24)22(18)3)14-5-9-19-10-6-14/h5-6,9-10,13,15H,4,7-8,11-12H2,1-3H3. The lowest BCUT2D eigenvalue weighted by molar-refractivity contribution is 0.249. The fraction of sp³-hybridized carbons (Fsp3) is 0.500. The molecule has 0 unspecified atom stereocenters. The molecule has 0 aliphatic carbocycles. The van der Waals surface area contributed by atoms with Crippen LogP contribution in [0.2, 0.25) is 0 Å². The Morgan fingerprint density at radius 1 is 1.21 bits per heavy atom. The molecule has 0 N–H and O–H groups in total. The van der Waals surface area contributed by atoms with E-state index in [-0.39, 0.29) is 5.56 Å². The lowest BCUT2D eigenvalue weighted by Gasteiger charge is -2.38. The first-order chi connectivity index (χ1) is 11.6. The number of piperidine rings is 1. The van der Waals surface area contributed by atoms with Crippen molar-refractivity contribution in [2.45, 2.75) is 25.8 Å². The molecule has 2 aromatic rings. The van der Waals surface area contributed by atoms with E-state index in [1.807, 2.05) is 12.1 Å². The van der Waals surface area contributed by atoms with Gasteiger partial charge in [0.2, 0.25) is 5.95 Å². The topological polar surface area (TPSA) is 54.3 Å². The van der Waals surface area contributed by atoms with Gasteiger partial charge in [-0.1, -0.05) is 0 Å². The second-order valence-corrected chi connectivity index (χ2v) is 6.39. The van der Waals surface area contributed by atoms with Crippen molar-refractivity contribution in [1.82, 2.24) is 19.4 Å². The maximum atomic E-state index is 12.5. The molecule has 0 aromatic carbocycles. The second-order valence-electron chi connectivity index (χ2n) is 6.39. The van der Waals surface area contributed by atoms with Gasteiger partial charge in [0.25, 0.3) is 5.56 Å². The minimum atomic E-state index is -0.0295. The summed E-state index contributed by atoms with van der Waals surface area (Å²) in [6.07, 6.45) is 5.64. The number of hydrogen-bond donors (Lipinski definition) is 0. The van der Waals surface area contributed by atoms with Crippen LogP contribution in [0, 0.1) is 0 Å². The summed E-state index contributed by atoms with van der Waals surface area (Å²) in [6.45, 7) is 5.14. The molecule has 128 valence electrons. The van der Waals surface area contributed by atoms with E-state index in [1.165, 1.54) is 0 Å². The third kappa shape index (κ3) is 3.33. The highest BCUT2D eigenvalue weighted by Crippen LogP contribution is 2.23. The van der Waals surface area contributed by atoms with Gasteiger partial charge >= 0.3 is 0 Å². The molecular formula is C18H25N5O. The summed E-state index contributed by atoms with van der Waals surface area (Å²) in [5, 5.41) is 0. The van der Waals surface area contributed by atoms with Crippen LogP contribution in [0.15, 0.2) is 35.4 Å². The molecule has 1 fully saturated rings. The van der Waals surface area contributed by atoms with Crippen LogP contribution in [0.4, 0.5) is 5.95 Å². The molecule has 1 aliphatic rings. The van der Waals surface area contributed by atoms with Gasteiger partial charge in [-0.05, 0) is 52.0 Å². The normalized spacial score (nSPS) is 16.3. The molecule has 6 nitrogen and oxygen atoms in total. The van der Waals surface area contributed by atoms with E-state index in [2.05, 4.69) is 28.8 Å². The predicted molar refractivity (Wildman–Crippen MR) is 96.2 cm³/mol. The summed E-state index contributed by atoms with van der Waals surface area (Å²) in [6, 6.07) is 5.80. The summed E-state index contributed by atoms with van der Waals surface area (Å²) in [5.74, 6) is 0.756. The minimum absolute atomic E-state index is 0.0295. The van der Waals surface area contributed by atoms with Gasteiger partial charge in [0.15, 0.2) is 0 Å². The largest absolute Gasteiger partial charge is 0.339 e. The molecule has 2 aromatic heterocycles. The Hall–Kier alpha value is -2.21. The van der Waals surface area contributed by atoms with Crippen LogP contribution in [-0.4, -0.2) is 52.2 Å². The molecule has 0 spiro atoms. The summed E-state index contributed by atoms with van der Waals surface area (Å²) in [5.41, 5.74) is 1.60. The van der Waals surface area contributed by atoms with E-state index in [9.17, 15) is 4.79 Å². The van der Waals surface area contributed by atoms with Crippen molar-refractivity contribution in [3.63, 3.8) is 0 Å². The molecule has 1 aliphatic heterocycles. The van der Waals surface area contributed by atoms with E-state index in [0.717, 1.165) is 44.0 Å². The van der Waals surface area contributed by atoms with Crippen molar-refractivity contribution < 1.29 is 0 Å². The van der Waals surface area contributed by atoms with Crippen LogP contribution < -0.4 is 10.5 Å². The monoisotopic (exact) mass is 327 g/mol. The SMILES string of the molecule is CCN(c1nc(-c2ccncc2)cc(=O)n1C)C1CCN(C)CC1. The van der Waals surface area contributed by atoms with Crippen molar-refractivity contribution >= 4 is 5.95 Å². The van der Waals surface area contributed by atoms with E-state index in [4.69, 9.17) is 4.98 Å². The number of hydrogen-bond acceptors (Lipinski definition) is 5. The summed E-state index contributed by atoms with van der Waals surface area (Å²) in [4.78, 5) is 25.9. The van der Waals surface area contributed by atoms with Crippen LogP contribution in [0.5, 0.6) is 0 Å². The van der Waals surface area contributed by atoms with Crippen LogP contribution in [0.3, 0.4) is 0 Å². The van der Waals surface area contributed by atoms with Crippen molar-refractivity contribution in [2.24, 2.45) is 7.05 Å². The Labute approximate surface area is 142 Å². The zero-order valence-electron chi connectivity index (χ0n) is 14.6. The van der Waals surface area contributed by atoms with Crippen molar-refractivity contribution in [3.05, 3.63) is 40.9 Å². The fourth-order valence-electron chi connectivity index (χ4n) is 3.32. The maximum Gasteiger partial charge on any atom is 0.255 e. The summed E-state index contributed by atoms with van der Waals surface area (Å²) >= 11 is 0. The smallest absolute Gasteiger partial charge is 0.255 e. The lowest BCUT2D eigenvalue weighted by Crippen LogP contribution is -2.46. The van der Waals surface area contributed by atoms with E-state index in [0.29, 0.717) is 11.7 Å². The minimum Gasteiger partial charge on any atom is -0.339 e. The first kappa shape index (κ1) is 16.6. The molecule has 24 heavy (non-hydrogen) atoms. The van der Waals surface area contributed by atoms with Gasteiger partial charge in [0, 0.05) is 43.7 Å². The van der Waals surface area contributed by atoms with E-state index < -0.39 is 0 Å². The van der Waals surface area contributed by atoms with Gasteiger partial charge in [-0.25, -0.2) is 4.98 Å². The Morgan fingerprint density at radius 2 is 1.88 bits per heavy atom.